The summed E-state index contributed by atoms with van der Waals surface area (Å²) in [5.41, 5.74) is 1.92. The van der Waals surface area contributed by atoms with E-state index in [1.165, 1.54) is 12.1 Å². The normalized spacial score (nSPS) is 13.3. The van der Waals surface area contributed by atoms with Crippen molar-refractivity contribution in [1.82, 2.24) is 20.1 Å². The number of rotatable bonds is 4. The summed E-state index contributed by atoms with van der Waals surface area (Å²) >= 11 is 0. The second-order valence-electron chi connectivity index (χ2n) is 6.51. The maximum Gasteiger partial charge on any atom is 0.311 e. The van der Waals surface area contributed by atoms with Crippen LogP contribution < -0.4 is 14.8 Å². The number of ether oxygens (including phenoxy) is 2. The van der Waals surface area contributed by atoms with E-state index in [9.17, 15) is 13.6 Å². The fourth-order valence-electron chi connectivity index (χ4n) is 3.03. The Morgan fingerprint density at radius 3 is 2.70 bits per heavy atom. The molecule has 11 heteroatoms. The number of hydrogen-bond donors (Lipinski definition) is 2. The van der Waals surface area contributed by atoms with Crippen molar-refractivity contribution in [2.75, 3.05) is 5.32 Å². The number of aromatic amines is 1. The van der Waals surface area contributed by atoms with E-state index in [2.05, 4.69) is 25.4 Å². The Hall–Kier alpha value is -4.02. The standard InChI is InChI=1S/C19H13F2N5O4/c1-8-22-16(26-30-8)9-3-2-4-10(5-9)17(27)25-19-23-11-6-13-14(7-12(11)24-19)29-18(28-13)15(20)21/h2-7,15,18H,1H3,(H2,23,24,25,27). The fraction of sp³-hybridized carbons (Fsp3) is 0.158. The molecular weight excluding hydrogens is 400 g/mol. The fourth-order valence-corrected chi connectivity index (χ4v) is 3.03. The summed E-state index contributed by atoms with van der Waals surface area (Å²) in [5, 5.41) is 6.50. The molecule has 1 unspecified atom stereocenters. The SMILES string of the molecule is Cc1nc(-c2cccc(C(=O)Nc3nc4cc5c(cc4[nH]3)OC(C(F)F)O5)c2)no1. The summed E-state index contributed by atoms with van der Waals surface area (Å²) in [4.78, 5) is 23.9. The van der Waals surface area contributed by atoms with Gasteiger partial charge in [0.25, 0.3) is 5.91 Å². The lowest BCUT2D eigenvalue weighted by molar-refractivity contribution is -0.0781. The highest BCUT2D eigenvalue weighted by Gasteiger charge is 2.32. The summed E-state index contributed by atoms with van der Waals surface area (Å²) in [7, 11) is 0. The Morgan fingerprint density at radius 2 is 1.97 bits per heavy atom. The zero-order chi connectivity index (χ0) is 20.8. The number of halogens is 2. The minimum Gasteiger partial charge on any atom is -0.445 e. The van der Waals surface area contributed by atoms with Crippen molar-refractivity contribution >= 4 is 22.9 Å². The van der Waals surface area contributed by atoms with Gasteiger partial charge in [0, 0.05) is 30.2 Å². The first-order valence-electron chi connectivity index (χ1n) is 8.83. The smallest absolute Gasteiger partial charge is 0.311 e. The Labute approximate surface area is 167 Å². The number of benzene rings is 2. The number of fused-ring (bicyclic) bond motifs is 2. The second-order valence-corrected chi connectivity index (χ2v) is 6.51. The largest absolute Gasteiger partial charge is 0.445 e. The molecule has 0 bridgehead atoms. The molecule has 30 heavy (non-hydrogen) atoms. The molecule has 152 valence electrons. The molecule has 1 amide bonds. The summed E-state index contributed by atoms with van der Waals surface area (Å²) in [6.45, 7) is 1.67. The van der Waals surface area contributed by atoms with E-state index in [-0.39, 0.29) is 17.4 Å². The number of hydrogen-bond acceptors (Lipinski definition) is 7. The van der Waals surface area contributed by atoms with Crippen LogP contribution in [-0.2, 0) is 0 Å². The molecule has 0 spiro atoms. The van der Waals surface area contributed by atoms with Crippen molar-refractivity contribution in [2.45, 2.75) is 19.6 Å². The van der Waals surface area contributed by atoms with Gasteiger partial charge >= 0.3 is 12.7 Å². The van der Waals surface area contributed by atoms with Gasteiger partial charge in [0.1, 0.15) is 0 Å². The zero-order valence-electron chi connectivity index (χ0n) is 15.3. The van der Waals surface area contributed by atoms with Gasteiger partial charge in [-0.2, -0.15) is 4.98 Å². The highest BCUT2D eigenvalue weighted by Crippen LogP contribution is 2.39. The third-order valence-corrected chi connectivity index (χ3v) is 4.38. The van der Waals surface area contributed by atoms with Gasteiger partial charge in [-0.25, -0.2) is 13.8 Å². The van der Waals surface area contributed by atoms with E-state index in [0.29, 0.717) is 33.9 Å². The predicted octanol–water partition coefficient (Wildman–Crippen LogP) is 3.54. The van der Waals surface area contributed by atoms with Crippen LogP contribution in [0.1, 0.15) is 16.2 Å². The molecule has 1 atom stereocenters. The molecule has 0 aliphatic carbocycles. The number of aromatic nitrogens is 4. The number of nitrogens with one attached hydrogen (secondary N) is 2. The van der Waals surface area contributed by atoms with Gasteiger partial charge in [-0.15, -0.1) is 0 Å². The van der Waals surface area contributed by atoms with Crippen molar-refractivity contribution in [1.29, 1.82) is 0 Å². The molecule has 4 aromatic rings. The molecule has 3 heterocycles. The van der Waals surface area contributed by atoms with Crippen LogP contribution in [0.4, 0.5) is 14.7 Å². The van der Waals surface area contributed by atoms with Crippen LogP contribution in [0.15, 0.2) is 40.9 Å². The zero-order valence-corrected chi connectivity index (χ0v) is 15.3. The lowest BCUT2D eigenvalue weighted by Gasteiger charge is -2.07. The van der Waals surface area contributed by atoms with Crippen LogP contribution in [0.3, 0.4) is 0 Å². The molecule has 2 N–H and O–H groups in total. The Balaban J connectivity index is 1.37. The third kappa shape index (κ3) is 3.19. The number of carbonyl (C=O) groups excluding carboxylic acids is 1. The van der Waals surface area contributed by atoms with Crippen LogP contribution in [0.2, 0.25) is 0 Å². The van der Waals surface area contributed by atoms with Gasteiger partial charge in [0.2, 0.25) is 17.7 Å². The van der Waals surface area contributed by atoms with Crippen LogP contribution in [-0.4, -0.2) is 38.7 Å². The summed E-state index contributed by atoms with van der Waals surface area (Å²) in [6.07, 6.45) is -4.41. The number of alkyl halides is 2. The van der Waals surface area contributed by atoms with Crippen LogP contribution in [0, 0.1) is 6.92 Å². The molecule has 0 saturated heterocycles. The maximum absolute atomic E-state index is 12.8. The average Bonchev–Trinajstić information content (AvgIpc) is 3.43. The summed E-state index contributed by atoms with van der Waals surface area (Å²) in [5.74, 6) is 0.917. The monoisotopic (exact) mass is 413 g/mol. The lowest BCUT2D eigenvalue weighted by atomic mass is 10.1. The number of carbonyl (C=O) groups is 1. The number of imidazole rings is 1. The minimum atomic E-state index is -2.77. The number of aryl methyl sites for hydroxylation is 1. The van der Waals surface area contributed by atoms with Crippen molar-refractivity contribution in [3.63, 3.8) is 0 Å². The number of nitrogens with zero attached hydrogens (tertiary/aromatic N) is 3. The van der Waals surface area contributed by atoms with Gasteiger partial charge in [0.05, 0.1) is 11.0 Å². The summed E-state index contributed by atoms with van der Waals surface area (Å²) in [6, 6.07) is 9.69. The predicted molar refractivity (Wildman–Crippen MR) is 99.6 cm³/mol. The van der Waals surface area contributed by atoms with Gasteiger partial charge in [-0.1, -0.05) is 17.3 Å². The Kier molecular flexibility index (Phi) is 4.09. The lowest BCUT2D eigenvalue weighted by Crippen LogP contribution is -2.26. The van der Waals surface area contributed by atoms with E-state index in [4.69, 9.17) is 14.0 Å². The van der Waals surface area contributed by atoms with E-state index in [1.807, 2.05) is 0 Å². The van der Waals surface area contributed by atoms with Crippen LogP contribution in [0.25, 0.3) is 22.4 Å². The molecule has 5 rings (SSSR count). The Morgan fingerprint density at radius 1 is 1.17 bits per heavy atom. The molecular formula is C19H13F2N5O4. The second kappa shape index (κ2) is 6.79. The molecule has 0 fully saturated rings. The third-order valence-electron chi connectivity index (χ3n) is 4.38. The van der Waals surface area contributed by atoms with Gasteiger partial charge in [-0.05, 0) is 12.1 Å². The quantitative estimate of drug-likeness (QED) is 0.526. The first-order valence-corrected chi connectivity index (χ1v) is 8.83. The maximum atomic E-state index is 12.8. The van der Waals surface area contributed by atoms with E-state index < -0.39 is 18.6 Å². The van der Waals surface area contributed by atoms with E-state index in [0.717, 1.165) is 0 Å². The highest BCUT2D eigenvalue weighted by atomic mass is 19.3. The highest BCUT2D eigenvalue weighted by molar-refractivity contribution is 6.04. The van der Waals surface area contributed by atoms with Crippen molar-refractivity contribution in [2.24, 2.45) is 0 Å². The molecule has 1 aliphatic heterocycles. The first-order chi connectivity index (χ1) is 14.5. The topological polar surface area (TPSA) is 115 Å². The van der Waals surface area contributed by atoms with E-state index in [1.54, 1.807) is 31.2 Å². The van der Waals surface area contributed by atoms with Crippen molar-refractivity contribution < 1.29 is 27.6 Å². The van der Waals surface area contributed by atoms with Crippen LogP contribution >= 0.6 is 0 Å². The number of amides is 1. The number of anilines is 1. The molecule has 0 saturated carbocycles. The molecule has 0 radical (unpaired) electrons. The van der Waals surface area contributed by atoms with E-state index >= 15 is 0 Å². The first kappa shape index (κ1) is 18.0. The molecule has 9 nitrogen and oxygen atoms in total. The molecule has 2 aromatic carbocycles. The van der Waals surface area contributed by atoms with Crippen molar-refractivity contribution in [3.05, 3.63) is 47.9 Å². The number of H-pyrrole nitrogens is 1. The van der Waals surface area contributed by atoms with Gasteiger partial charge in [0.15, 0.2) is 11.5 Å². The summed E-state index contributed by atoms with van der Waals surface area (Å²) < 4.78 is 40.6. The molecule has 1 aliphatic rings. The van der Waals surface area contributed by atoms with Crippen molar-refractivity contribution in [3.8, 4) is 22.9 Å². The van der Waals surface area contributed by atoms with Crippen LogP contribution in [0.5, 0.6) is 11.5 Å². The Bertz CT molecular complexity index is 1230. The minimum absolute atomic E-state index is 0.167. The van der Waals surface area contributed by atoms with Gasteiger partial charge in [-0.3, -0.25) is 10.1 Å². The molecule has 2 aromatic heterocycles. The average molecular weight is 413 g/mol. The van der Waals surface area contributed by atoms with Gasteiger partial charge < -0.3 is 19.0 Å².